The average Bonchev–Trinajstić information content (AvgIpc) is 3.16. The lowest BCUT2D eigenvalue weighted by Crippen LogP contribution is -2.57. The molecular formula is C23H24F3N5O3. The first kappa shape index (κ1) is 22.8. The summed E-state index contributed by atoms with van der Waals surface area (Å²) in [4.78, 5) is 23.3. The Balaban J connectivity index is 1.51. The van der Waals surface area contributed by atoms with E-state index in [9.17, 15) is 23.1 Å². The number of benzene rings is 1. The van der Waals surface area contributed by atoms with Crippen LogP contribution in [0.4, 0.5) is 19.0 Å². The molecule has 3 aromatic rings. The molecule has 0 spiro atoms. The van der Waals surface area contributed by atoms with E-state index in [1.165, 1.54) is 29.1 Å². The van der Waals surface area contributed by atoms with Gasteiger partial charge < -0.3 is 15.2 Å². The van der Waals surface area contributed by atoms with E-state index >= 15 is 0 Å². The lowest BCUT2D eigenvalue weighted by atomic mass is 9.90. The predicted octanol–water partition coefficient (Wildman–Crippen LogP) is 2.90. The molecule has 0 saturated carbocycles. The maximum absolute atomic E-state index is 14.7. The van der Waals surface area contributed by atoms with E-state index < -0.39 is 35.6 Å². The van der Waals surface area contributed by atoms with Crippen molar-refractivity contribution in [3.05, 3.63) is 63.5 Å². The molecular weight excluding hydrogens is 451 g/mol. The molecule has 4 heterocycles. The number of nitrogens with zero attached hydrogens (tertiary/aromatic N) is 4. The third-order valence-electron chi connectivity index (χ3n) is 6.77. The molecule has 2 aromatic heterocycles. The standard InChI is InChI=1S/C23H24F3N5O3/c1-11(13-4-3-5-14(18(13)24)19(25)26)29-20-15-6-16(22(32)30(2)21(15)28-10-27-20)23(33)31-7-12-8-34-9-17(12)31/h3-6,10-12,17,19,23,33H,7-9H2,1-2H3,(H,27,28,29)/t11-,12?,17?,23?/m1/s1. The van der Waals surface area contributed by atoms with Crippen molar-refractivity contribution in [2.45, 2.75) is 31.7 Å². The zero-order valence-electron chi connectivity index (χ0n) is 18.6. The van der Waals surface area contributed by atoms with Gasteiger partial charge in [-0.2, -0.15) is 0 Å². The molecule has 8 nitrogen and oxygen atoms in total. The van der Waals surface area contributed by atoms with Gasteiger partial charge in [0.25, 0.3) is 12.0 Å². The third-order valence-corrected chi connectivity index (χ3v) is 6.77. The number of nitrogens with one attached hydrogen (secondary N) is 1. The van der Waals surface area contributed by atoms with Gasteiger partial charge in [0.1, 0.15) is 29.8 Å². The Morgan fingerprint density at radius 3 is 2.71 bits per heavy atom. The number of halogens is 3. The van der Waals surface area contributed by atoms with Crippen LogP contribution in [0.15, 0.2) is 35.4 Å². The highest BCUT2D eigenvalue weighted by Gasteiger charge is 2.46. The number of hydrogen-bond donors (Lipinski definition) is 2. The van der Waals surface area contributed by atoms with E-state index in [1.807, 2.05) is 4.90 Å². The Bertz CT molecular complexity index is 1300. The number of likely N-dealkylation sites (tertiary alicyclic amines) is 1. The van der Waals surface area contributed by atoms with E-state index in [2.05, 4.69) is 15.3 Å². The second kappa shape index (κ2) is 8.64. The summed E-state index contributed by atoms with van der Waals surface area (Å²) >= 11 is 0. The largest absolute Gasteiger partial charge is 0.379 e. The maximum Gasteiger partial charge on any atom is 0.266 e. The van der Waals surface area contributed by atoms with Gasteiger partial charge >= 0.3 is 0 Å². The van der Waals surface area contributed by atoms with Crippen molar-refractivity contribution in [2.75, 3.05) is 25.1 Å². The van der Waals surface area contributed by atoms with Gasteiger partial charge in [0.15, 0.2) is 0 Å². The Kier molecular flexibility index (Phi) is 5.78. The molecule has 2 aliphatic rings. The lowest BCUT2D eigenvalue weighted by molar-refractivity contribution is -0.0970. The van der Waals surface area contributed by atoms with Crippen LogP contribution in [0.3, 0.4) is 0 Å². The monoisotopic (exact) mass is 475 g/mol. The fourth-order valence-corrected chi connectivity index (χ4v) is 4.80. The number of rotatable bonds is 6. The fourth-order valence-electron chi connectivity index (χ4n) is 4.80. The van der Waals surface area contributed by atoms with Crippen LogP contribution in [0.5, 0.6) is 0 Å². The molecule has 0 radical (unpaired) electrons. The van der Waals surface area contributed by atoms with Crippen LogP contribution in [0, 0.1) is 11.7 Å². The first-order chi connectivity index (χ1) is 16.3. The Hall–Kier alpha value is -3.02. The molecule has 34 heavy (non-hydrogen) atoms. The number of aliphatic hydroxyl groups is 1. The Morgan fingerprint density at radius 2 is 1.97 bits per heavy atom. The number of aliphatic hydroxyl groups excluding tert-OH is 1. The summed E-state index contributed by atoms with van der Waals surface area (Å²) in [6.45, 7) is 3.40. The van der Waals surface area contributed by atoms with Crippen LogP contribution >= 0.6 is 0 Å². The van der Waals surface area contributed by atoms with Crippen LogP contribution in [-0.4, -0.2) is 50.3 Å². The van der Waals surface area contributed by atoms with Crippen LogP contribution in [0.25, 0.3) is 11.0 Å². The highest BCUT2D eigenvalue weighted by molar-refractivity contribution is 5.87. The summed E-state index contributed by atoms with van der Waals surface area (Å²) in [7, 11) is 1.55. The van der Waals surface area contributed by atoms with E-state index in [4.69, 9.17) is 4.74 Å². The van der Waals surface area contributed by atoms with Crippen molar-refractivity contribution in [2.24, 2.45) is 13.0 Å². The molecule has 180 valence electrons. The first-order valence-corrected chi connectivity index (χ1v) is 11.0. The number of ether oxygens (including phenoxy) is 1. The molecule has 0 bridgehead atoms. The van der Waals surface area contributed by atoms with E-state index in [0.29, 0.717) is 36.7 Å². The molecule has 5 rings (SSSR count). The smallest absolute Gasteiger partial charge is 0.266 e. The molecule has 3 unspecified atom stereocenters. The minimum atomic E-state index is -2.93. The van der Waals surface area contributed by atoms with Gasteiger partial charge in [0.05, 0.1) is 35.8 Å². The van der Waals surface area contributed by atoms with Crippen molar-refractivity contribution in [3.8, 4) is 0 Å². The van der Waals surface area contributed by atoms with Crippen LogP contribution in [-0.2, 0) is 11.8 Å². The quantitative estimate of drug-likeness (QED) is 0.566. The molecule has 4 atom stereocenters. The molecule has 2 aliphatic heterocycles. The number of aromatic nitrogens is 3. The van der Waals surface area contributed by atoms with Crippen molar-refractivity contribution in [3.63, 3.8) is 0 Å². The lowest BCUT2D eigenvalue weighted by Gasteiger charge is -2.45. The second-order valence-corrected chi connectivity index (χ2v) is 8.78. The molecule has 2 N–H and O–H groups in total. The SMILES string of the molecule is C[C@@H](Nc1ncnc2c1cc(C(O)N1CC3COCC31)c(=O)n2C)c1cccc(C(F)F)c1F. The maximum atomic E-state index is 14.7. The van der Waals surface area contributed by atoms with Gasteiger partial charge in [-0.1, -0.05) is 18.2 Å². The summed E-state index contributed by atoms with van der Waals surface area (Å²) in [6, 6.07) is 4.74. The van der Waals surface area contributed by atoms with Gasteiger partial charge in [-0.15, -0.1) is 0 Å². The van der Waals surface area contributed by atoms with Crippen LogP contribution < -0.4 is 10.9 Å². The van der Waals surface area contributed by atoms with E-state index in [-0.39, 0.29) is 23.0 Å². The summed E-state index contributed by atoms with van der Waals surface area (Å²) in [5.74, 6) is -0.348. The number of aryl methyl sites for hydroxylation is 1. The fraction of sp³-hybridized carbons (Fsp3) is 0.435. The first-order valence-electron chi connectivity index (χ1n) is 11.0. The number of fused-ring (bicyclic) bond motifs is 2. The minimum absolute atomic E-state index is 0.0579. The number of hydrogen-bond acceptors (Lipinski definition) is 7. The van der Waals surface area contributed by atoms with Gasteiger partial charge in [-0.3, -0.25) is 14.3 Å². The molecule has 0 amide bonds. The molecule has 11 heteroatoms. The van der Waals surface area contributed by atoms with Crippen molar-refractivity contribution in [1.29, 1.82) is 0 Å². The summed E-state index contributed by atoms with van der Waals surface area (Å²) in [5, 5.41) is 14.5. The molecule has 2 saturated heterocycles. The van der Waals surface area contributed by atoms with E-state index in [1.54, 1.807) is 14.0 Å². The predicted molar refractivity (Wildman–Crippen MR) is 118 cm³/mol. The molecule has 2 fully saturated rings. The van der Waals surface area contributed by atoms with Gasteiger partial charge in [0.2, 0.25) is 0 Å². The molecule has 0 aliphatic carbocycles. The third kappa shape index (κ3) is 3.64. The van der Waals surface area contributed by atoms with Crippen LogP contribution in [0.2, 0.25) is 0 Å². The topological polar surface area (TPSA) is 92.5 Å². The van der Waals surface area contributed by atoms with Crippen molar-refractivity contribution < 1.29 is 23.0 Å². The number of pyridine rings is 1. The minimum Gasteiger partial charge on any atom is -0.379 e. The zero-order chi connectivity index (χ0) is 24.1. The summed E-state index contributed by atoms with van der Waals surface area (Å²) < 4.78 is 47.7. The summed E-state index contributed by atoms with van der Waals surface area (Å²) in [6.07, 6.45) is -2.80. The average molecular weight is 475 g/mol. The van der Waals surface area contributed by atoms with Crippen molar-refractivity contribution >= 4 is 16.9 Å². The normalized spacial score (nSPS) is 22.0. The van der Waals surface area contributed by atoms with E-state index in [0.717, 1.165) is 6.07 Å². The second-order valence-electron chi connectivity index (χ2n) is 8.78. The highest BCUT2D eigenvalue weighted by atomic mass is 19.3. The zero-order valence-corrected chi connectivity index (χ0v) is 18.6. The van der Waals surface area contributed by atoms with Gasteiger partial charge in [-0.25, -0.2) is 23.1 Å². The number of anilines is 1. The van der Waals surface area contributed by atoms with Crippen LogP contribution in [0.1, 0.15) is 42.3 Å². The highest BCUT2D eigenvalue weighted by Crippen LogP contribution is 2.37. The Labute approximate surface area is 193 Å². The Morgan fingerprint density at radius 1 is 1.21 bits per heavy atom. The summed E-state index contributed by atoms with van der Waals surface area (Å²) in [5.41, 5.74) is -0.525. The molecule has 1 aromatic carbocycles. The van der Waals surface area contributed by atoms with Crippen molar-refractivity contribution in [1.82, 2.24) is 19.4 Å². The van der Waals surface area contributed by atoms with Gasteiger partial charge in [-0.05, 0) is 13.0 Å². The van der Waals surface area contributed by atoms with Gasteiger partial charge in [0, 0.05) is 31.1 Å². The number of alkyl halides is 2.